The number of hydrogen-bond donors (Lipinski definition) is 2. The van der Waals surface area contributed by atoms with Crippen molar-refractivity contribution < 1.29 is 9.90 Å². The van der Waals surface area contributed by atoms with Gasteiger partial charge in [0, 0.05) is 7.05 Å². The molecule has 0 atom stereocenters. The molecule has 0 unspecified atom stereocenters. The quantitative estimate of drug-likeness (QED) is 0.485. The van der Waals surface area contributed by atoms with Crippen LogP contribution in [0.3, 0.4) is 0 Å². The maximum absolute atomic E-state index is 9.95. The predicted octanol–water partition coefficient (Wildman–Crippen LogP) is 1.11. The molecule has 3 nitrogen and oxygen atoms in total. The molecule has 0 rings (SSSR count). The van der Waals surface area contributed by atoms with Gasteiger partial charge >= 0.3 is 0 Å². The van der Waals surface area contributed by atoms with E-state index in [1.807, 2.05) is 13.8 Å². The standard InChI is InChI=1S/C4H7NO.C3H6O.C2H6/c1-3-4(6)5-2;1-2-3-4;1-2/h3H,1H2,2H3,(H,5,6);2,4H,1,3H2;1-2H3. The Morgan fingerprint density at radius 2 is 1.83 bits per heavy atom. The summed E-state index contributed by atoms with van der Waals surface area (Å²) in [6, 6.07) is 0. The van der Waals surface area contributed by atoms with Crippen molar-refractivity contribution in [1.29, 1.82) is 0 Å². The van der Waals surface area contributed by atoms with Crippen LogP contribution in [0.2, 0.25) is 0 Å². The van der Waals surface area contributed by atoms with E-state index in [1.54, 1.807) is 7.05 Å². The van der Waals surface area contributed by atoms with Crippen LogP contribution in [0.25, 0.3) is 0 Å². The van der Waals surface area contributed by atoms with Gasteiger partial charge in [-0.2, -0.15) is 0 Å². The number of nitrogens with one attached hydrogen (secondary N) is 1. The predicted molar refractivity (Wildman–Crippen MR) is 52.9 cm³/mol. The number of aliphatic hydroxyl groups excluding tert-OH is 1. The minimum absolute atomic E-state index is 0.0833. The molecule has 12 heavy (non-hydrogen) atoms. The first-order valence-electron chi connectivity index (χ1n) is 3.78. The Morgan fingerprint density at radius 3 is 1.83 bits per heavy atom. The van der Waals surface area contributed by atoms with Gasteiger partial charge in [-0.05, 0) is 6.08 Å². The molecule has 0 aliphatic rings. The lowest BCUT2D eigenvalue weighted by molar-refractivity contribution is -0.116. The van der Waals surface area contributed by atoms with Crippen molar-refractivity contribution in [1.82, 2.24) is 5.32 Å². The Hall–Kier alpha value is -1.09. The van der Waals surface area contributed by atoms with Gasteiger partial charge in [0.25, 0.3) is 0 Å². The zero-order valence-corrected chi connectivity index (χ0v) is 8.13. The molecular formula is C9H19NO2. The first-order valence-corrected chi connectivity index (χ1v) is 3.78. The van der Waals surface area contributed by atoms with Crippen molar-refractivity contribution in [3.8, 4) is 0 Å². The smallest absolute Gasteiger partial charge is 0.243 e. The normalized spacial score (nSPS) is 6.00. The van der Waals surface area contributed by atoms with Gasteiger partial charge in [-0.1, -0.05) is 26.5 Å². The molecule has 0 fully saturated rings. The van der Waals surface area contributed by atoms with E-state index >= 15 is 0 Å². The Balaban J connectivity index is -0.000000118. The molecule has 0 spiro atoms. The molecular weight excluding hydrogens is 154 g/mol. The van der Waals surface area contributed by atoms with E-state index in [4.69, 9.17) is 5.11 Å². The highest BCUT2D eigenvalue weighted by Gasteiger charge is 1.78. The SMILES string of the molecule is C=CC(=O)NC.C=CCO.CC. The molecule has 0 radical (unpaired) electrons. The van der Waals surface area contributed by atoms with Crippen molar-refractivity contribution in [2.75, 3.05) is 13.7 Å². The number of carbonyl (C=O) groups is 1. The first-order chi connectivity index (χ1) is 5.72. The molecule has 0 aromatic rings. The van der Waals surface area contributed by atoms with Crippen molar-refractivity contribution in [3.05, 3.63) is 25.3 Å². The molecule has 0 heterocycles. The van der Waals surface area contributed by atoms with Crippen LogP contribution in [-0.4, -0.2) is 24.7 Å². The van der Waals surface area contributed by atoms with E-state index in [0.29, 0.717) is 0 Å². The van der Waals surface area contributed by atoms with Gasteiger partial charge in [0.2, 0.25) is 5.91 Å². The summed E-state index contributed by atoms with van der Waals surface area (Å²) in [5.41, 5.74) is 0. The summed E-state index contributed by atoms with van der Waals surface area (Å²) in [6.45, 7) is 10.5. The molecule has 0 aromatic heterocycles. The number of amides is 1. The highest BCUT2D eigenvalue weighted by atomic mass is 16.2. The average Bonchev–Trinajstić information content (AvgIpc) is 2.20. The Labute approximate surface area is 74.8 Å². The van der Waals surface area contributed by atoms with Crippen molar-refractivity contribution in [2.45, 2.75) is 13.8 Å². The van der Waals surface area contributed by atoms with E-state index in [-0.39, 0.29) is 12.5 Å². The van der Waals surface area contributed by atoms with Crippen LogP contribution in [0.4, 0.5) is 0 Å². The molecule has 1 amide bonds. The monoisotopic (exact) mass is 173 g/mol. The van der Waals surface area contributed by atoms with Crippen LogP contribution in [-0.2, 0) is 4.79 Å². The molecule has 0 saturated carbocycles. The molecule has 2 N–H and O–H groups in total. The minimum Gasteiger partial charge on any atom is -0.392 e. The van der Waals surface area contributed by atoms with Gasteiger partial charge in [0.15, 0.2) is 0 Å². The summed E-state index contributed by atoms with van der Waals surface area (Å²) < 4.78 is 0. The third kappa shape index (κ3) is 36.5. The van der Waals surface area contributed by atoms with Crippen molar-refractivity contribution >= 4 is 5.91 Å². The van der Waals surface area contributed by atoms with E-state index in [1.165, 1.54) is 12.2 Å². The van der Waals surface area contributed by atoms with Gasteiger partial charge in [-0.25, -0.2) is 0 Å². The molecule has 0 bridgehead atoms. The van der Waals surface area contributed by atoms with Crippen LogP contribution in [0.15, 0.2) is 25.3 Å². The number of carbonyl (C=O) groups excluding carboxylic acids is 1. The van der Waals surface area contributed by atoms with Crippen molar-refractivity contribution in [2.24, 2.45) is 0 Å². The fourth-order valence-corrected chi connectivity index (χ4v) is 0.102. The molecule has 0 aliphatic carbocycles. The summed E-state index contributed by atoms with van der Waals surface area (Å²) in [4.78, 5) is 9.95. The maximum Gasteiger partial charge on any atom is 0.243 e. The summed E-state index contributed by atoms with van der Waals surface area (Å²) in [6.07, 6.45) is 2.65. The van der Waals surface area contributed by atoms with E-state index in [9.17, 15) is 4.79 Å². The number of likely N-dealkylation sites (N-methyl/N-ethyl adjacent to an activating group) is 1. The summed E-state index contributed by atoms with van der Waals surface area (Å²) in [7, 11) is 1.56. The number of rotatable bonds is 2. The van der Waals surface area contributed by atoms with Crippen LogP contribution in [0.1, 0.15) is 13.8 Å². The van der Waals surface area contributed by atoms with Gasteiger partial charge in [0.05, 0.1) is 6.61 Å². The van der Waals surface area contributed by atoms with Crippen LogP contribution < -0.4 is 5.32 Å². The van der Waals surface area contributed by atoms with E-state index in [0.717, 1.165) is 0 Å². The molecule has 3 heteroatoms. The van der Waals surface area contributed by atoms with Crippen LogP contribution >= 0.6 is 0 Å². The minimum atomic E-state index is -0.144. The Bertz CT molecular complexity index is 111. The summed E-state index contributed by atoms with van der Waals surface area (Å²) in [5, 5.41) is 10.1. The van der Waals surface area contributed by atoms with Gasteiger partial charge in [-0.15, -0.1) is 6.58 Å². The van der Waals surface area contributed by atoms with Crippen LogP contribution in [0.5, 0.6) is 0 Å². The van der Waals surface area contributed by atoms with Crippen LogP contribution in [0, 0.1) is 0 Å². The lowest BCUT2D eigenvalue weighted by Gasteiger charge is -1.82. The number of hydrogen-bond acceptors (Lipinski definition) is 2. The molecule has 72 valence electrons. The molecule has 0 aliphatic heterocycles. The molecule has 0 saturated heterocycles. The average molecular weight is 173 g/mol. The fourth-order valence-electron chi connectivity index (χ4n) is 0.102. The zero-order valence-electron chi connectivity index (χ0n) is 8.13. The Morgan fingerprint density at radius 1 is 1.50 bits per heavy atom. The zero-order chi connectivity index (χ0) is 10.4. The lowest BCUT2D eigenvalue weighted by atomic mass is 10.6. The second-order valence-electron chi connectivity index (χ2n) is 1.29. The number of aliphatic hydroxyl groups is 1. The topological polar surface area (TPSA) is 49.3 Å². The summed E-state index contributed by atoms with van der Waals surface area (Å²) >= 11 is 0. The van der Waals surface area contributed by atoms with E-state index in [2.05, 4.69) is 18.5 Å². The third-order valence-electron chi connectivity index (χ3n) is 0.561. The fraction of sp³-hybridized carbons (Fsp3) is 0.444. The second kappa shape index (κ2) is 22.5. The molecule has 0 aromatic carbocycles. The lowest BCUT2D eigenvalue weighted by Crippen LogP contribution is -2.13. The first kappa shape index (κ1) is 17.1. The third-order valence-corrected chi connectivity index (χ3v) is 0.561. The highest BCUT2D eigenvalue weighted by Crippen LogP contribution is 1.56. The Kier molecular flexibility index (Phi) is 32.1. The van der Waals surface area contributed by atoms with Crippen molar-refractivity contribution in [3.63, 3.8) is 0 Å². The van der Waals surface area contributed by atoms with E-state index < -0.39 is 0 Å². The van der Waals surface area contributed by atoms with Gasteiger partial charge in [0.1, 0.15) is 0 Å². The maximum atomic E-state index is 9.95. The van der Waals surface area contributed by atoms with Gasteiger partial charge < -0.3 is 10.4 Å². The largest absolute Gasteiger partial charge is 0.392 e. The van der Waals surface area contributed by atoms with Gasteiger partial charge in [-0.3, -0.25) is 4.79 Å². The highest BCUT2D eigenvalue weighted by molar-refractivity contribution is 5.86. The second-order valence-corrected chi connectivity index (χ2v) is 1.29. The summed E-state index contributed by atoms with van der Waals surface area (Å²) in [5.74, 6) is -0.144.